The standard InChI is InChI=1S/C12H8ClNO4/c1-6(12(17)18)5-14-9-3-2-7(13)4-8(9)10(15)11(14)16/h2-4H,1,5H2,(H,17,18). The van der Waals surface area contributed by atoms with Crippen LogP contribution in [0.5, 0.6) is 0 Å². The fourth-order valence-corrected chi connectivity index (χ4v) is 1.86. The lowest BCUT2D eigenvalue weighted by molar-refractivity contribution is -0.132. The number of benzene rings is 1. The summed E-state index contributed by atoms with van der Waals surface area (Å²) < 4.78 is 0. The molecule has 6 heteroatoms. The van der Waals surface area contributed by atoms with Crippen molar-refractivity contribution in [2.75, 3.05) is 11.4 Å². The zero-order chi connectivity index (χ0) is 13.4. The first-order valence-electron chi connectivity index (χ1n) is 4.98. The maximum Gasteiger partial charge on any atom is 0.332 e. The fraction of sp³-hybridized carbons (Fsp3) is 0.0833. The van der Waals surface area contributed by atoms with E-state index in [4.69, 9.17) is 16.7 Å². The third kappa shape index (κ3) is 1.89. The number of hydrogen-bond acceptors (Lipinski definition) is 3. The second-order valence-corrected chi connectivity index (χ2v) is 4.23. The number of ketones is 1. The molecule has 0 spiro atoms. The first kappa shape index (κ1) is 12.3. The summed E-state index contributed by atoms with van der Waals surface area (Å²) in [4.78, 5) is 35.2. The molecule has 1 aliphatic heterocycles. The number of halogens is 1. The van der Waals surface area contributed by atoms with Crippen molar-refractivity contribution >= 4 is 34.9 Å². The number of anilines is 1. The number of hydrogen-bond donors (Lipinski definition) is 1. The minimum absolute atomic E-state index is 0.168. The third-order valence-electron chi connectivity index (χ3n) is 2.58. The first-order chi connectivity index (χ1) is 8.41. The summed E-state index contributed by atoms with van der Waals surface area (Å²) in [5, 5.41) is 9.08. The highest BCUT2D eigenvalue weighted by Crippen LogP contribution is 2.31. The number of carbonyl (C=O) groups is 3. The van der Waals surface area contributed by atoms with Crippen LogP contribution in [-0.2, 0) is 9.59 Å². The van der Waals surface area contributed by atoms with Crippen LogP contribution in [0.3, 0.4) is 0 Å². The Labute approximate surface area is 107 Å². The molecule has 0 bridgehead atoms. The maximum absolute atomic E-state index is 11.7. The van der Waals surface area contributed by atoms with Gasteiger partial charge in [-0.05, 0) is 18.2 Å². The average molecular weight is 266 g/mol. The molecule has 1 amide bonds. The van der Waals surface area contributed by atoms with E-state index in [1.54, 1.807) is 0 Å². The van der Waals surface area contributed by atoms with E-state index < -0.39 is 17.7 Å². The van der Waals surface area contributed by atoms with Crippen molar-refractivity contribution in [3.8, 4) is 0 Å². The van der Waals surface area contributed by atoms with Crippen molar-refractivity contribution in [1.29, 1.82) is 0 Å². The summed E-state index contributed by atoms with van der Waals surface area (Å²) in [6, 6.07) is 4.43. The zero-order valence-corrected chi connectivity index (χ0v) is 9.90. The Hall–Kier alpha value is -2.14. The van der Waals surface area contributed by atoms with Gasteiger partial charge in [0.2, 0.25) is 0 Å². The van der Waals surface area contributed by atoms with Gasteiger partial charge in [0.1, 0.15) is 0 Å². The highest BCUT2D eigenvalue weighted by atomic mass is 35.5. The van der Waals surface area contributed by atoms with Gasteiger partial charge in [-0.3, -0.25) is 9.59 Å². The van der Waals surface area contributed by atoms with Crippen LogP contribution < -0.4 is 4.90 Å². The van der Waals surface area contributed by atoms with Crippen LogP contribution in [0.4, 0.5) is 5.69 Å². The summed E-state index contributed by atoms with van der Waals surface area (Å²) in [7, 11) is 0. The van der Waals surface area contributed by atoms with Gasteiger partial charge in [0.25, 0.3) is 11.7 Å². The van der Waals surface area contributed by atoms with E-state index in [9.17, 15) is 14.4 Å². The van der Waals surface area contributed by atoms with E-state index in [0.717, 1.165) is 4.90 Å². The van der Waals surface area contributed by atoms with Crippen LogP contribution in [0, 0.1) is 0 Å². The molecule has 1 heterocycles. The number of carbonyl (C=O) groups excluding carboxylic acids is 2. The number of rotatable bonds is 3. The highest BCUT2D eigenvalue weighted by Gasteiger charge is 2.36. The van der Waals surface area contributed by atoms with Crippen LogP contribution in [0.25, 0.3) is 0 Å². The lowest BCUT2D eigenvalue weighted by atomic mass is 10.1. The van der Waals surface area contributed by atoms with E-state index in [0.29, 0.717) is 10.7 Å². The van der Waals surface area contributed by atoms with Crippen molar-refractivity contribution in [3.05, 3.63) is 40.9 Å². The smallest absolute Gasteiger partial charge is 0.332 e. The molecule has 92 valence electrons. The molecule has 0 aromatic heterocycles. The number of aliphatic carboxylic acids is 1. The zero-order valence-electron chi connectivity index (χ0n) is 9.14. The molecule has 0 saturated carbocycles. The summed E-state index contributed by atoms with van der Waals surface area (Å²) in [5.41, 5.74) is 0.376. The largest absolute Gasteiger partial charge is 0.478 e. The van der Waals surface area contributed by atoms with E-state index in [1.807, 2.05) is 0 Å². The van der Waals surface area contributed by atoms with E-state index in [1.165, 1.54) is 18.2 Å². The van der Waals surface area contributed by atoms with E-state index >= 15 is 0 Å². The molecule has 0 atom stereocenters. The van der Waals surface area contributed by atoms with Gasteiger partial charge in [-0.1, -0.05) is 18.2 Å². The molecule has 1 aromatic rings. The molecular formula is C12H8ClNO4. The average Bonchev–Trinajstić information content (AvgIpc) is 2.54. The molecule has 0 radical (unpaired) electrons. The van der Waals surface area contributed by atoms with Crippen LogP contribution in [0.2, 0.25) is 5.02 Å². The molecule has 1 aromatic carbocycles. The van der Waals surface area contributed by atoms with Crippen LogP contribution in [-0.4, -0.2) is 29.3 Å². The lowest BCUT2D eigenvalue weighted by Crippen LogP contribution is -2.32. The number of nitrogens with zero attached hydrogens (tertiary/aromatic N) is 1. The predicted octanol–water partition coefficient (Wildman–Crippen LogP) is 1.51. The second-order valence-electron chi connectivity index (χ2n) is 3.79. The number of amides is 1. The van der Waals surface area contributed by atoms with Crippen molar-refractivity contribution in [3.63, 3.8) is 0 Å². The predicted molar refractivity (Wildman–Crippen MR) is 64.9 cm³/mol. The van der Waals surface area contributed by atoms with Crippen LogP contribution in [0.15, 0.2) is 30.4 Å². The molecule has 1 aliphatic rings. The second kappa shape index (κ2) is 4.27. The minimum atomic E-state index is -1.21. The molecule has 18 heavy (non-hydrogen) atoms. The number of Topliss-reactive ketones (excluding diaryl/α,β-unsaturated/α-hetero) is 1. The van der Waals surface area contributed by atoms with Crippen molar-refractivity contribution in [2.24, 2.45) is 0 Å². The summed E-state index contributed by atoms with van der Waals surface area (Å²) >= 11 is 5.75. The maximum atomic E-state index is 11.7. The Morgan fingerprint density at radius 2 is 2.06 bits per heavy atom. The van der Waals surface area contributed by atoms with Crippen molar-refractivity contribution in [2.45, 2.75) is 0 Å². The Morgan fingerprint density at radius 3 is 2.67 bits per heavy atom. The quantitative estimate of drug-likeness (QED) is 0.664. The van der Waals surface area contributed by atoms with Gasteiger partial charge in [0.15, 0.2) is 0 Å². The molecular weight excluding hydrogens is 258 g/mol. The number of fused-ring (bicyclic) bond motifs is 1. The monoisotopic (exact) mass is 265 g/mol. The Morgan fingerprint density at radius 1 is 1.39 bits per heavy atom. The summed E-state index contributed by atoms with van der Waals surface area (Å²) in [6.07, 6.45) is 0. The van der Waals surface area contributed by atoms with Gasteiger partial charge in [0, 0.05) is 10.6 Å². The normalized spacial score (nSPS) is 13.7. The molecule has 0 aliphatic carbocycles. The Bertz CT molecular complexity index is 594. The van der Waals surface area contributed by atoms with Gasteiger partial charge < -0.3 is 10.0 Å². The molecule has 0 unspecified atom stereocenters. The van der Waals surface area contributed by atoms with Crippen molar-refractivity contribution < 1.29 is 19.5 Å². The van der Waals surface area contributed by atoms with Gasteiger partial charge in [-0.15, -0.1) is 0 Å². The van der Waals surface area contributed by atoms with E-state index in [2.05, 4.69) is 6.58 Å². The SMILES string of the molecule is C=C(CN1C(=O)C(=O)c2cc(Cl)ccc21)C(=O)O. The molecule has 0 fully saturated rings. The van der Waals surface area contributed by atoms with Gasteiger partial charge in [-0.2, -0.15) is 0 Å². The number of carboxylic acid groups (broad SMARTS) is 1. The van der Waals surface area contributed by atoms with Gasteiger partial charge in [-0.25, -0.2) is 4.79 Å². The third-order valence-corrected chi connectivity index (χ3v) is 2.82. The summed E-state index contributed by atoms with van der Waals surface area (Å²) in [6.45, 7) is 3.11. The topological polar surface area (TPSA) is 74.7 Å². The summed E-state index contributed by atoms with van der Waals surface area (Å²) in [5.74, 6) is -2.67. The van der Waals surface area contributed by atoms with Crippen LogP contribution in [0.1, 0.15) is 10.4 Å². The molecule has 5 nitrogen and oxygen atoms in total. The highest BCUT2D eigenvalue weighted by molar-refractivity contribution is 6.52. The number of carboxylic acids is 1. The molecule has 2 rings (SSSR count). The molecule has 0 saturated heterocycles. The Kier molecular flexibility index (Phi) is 2.92. The van der Waals surface area contributed by atoms with E-state index in [-0.39, 0.29) is 17.7 Å². The van der Waals surface area contributed by atoms with Gasteiger partial charge >= 0.3 is 5.97 Å². The first-order valence-corrected chi connectivity index (χ1v) is 5.36. The van der Waals surface area contributed by atoms with Crippen molar-refractivity contribution in [1.82, 2.24) is 0 Å². The van der Waals surface area contributed by atoms with Gasteiger partial charge in [0.05, 0.1) is 17.8 Å². The fourth-order valence-electron chi connectivity index (χ4n) is 1.69. The van der Waals surface area contributed by atoms with Crippen LogP contribution >= 0.6 is 11.6 Å². The lowest BCUT2D eigenvalue weighted by Gasteiger charge is -2.16. The molecule has 1 N–H and O–H groups in total. The minimum Gasteiger partial charge on any atom is -0.478 e. The Balaban J connectivity index is 2.40.